The van der Waals surface area contributed by atoms with E-state index in [2.05, 4.69) is 15.6 Å². The Balaban J connectivity index is 0.000000616. The average molecular weight is 580 g/mol. The fourth-order valence-electron chi connectivity index (χ4n) is 4.54. The Morgan fingerprint density at radius 3 is 2.52 bits per heavy atom. The van der Waals surface area contributed by atoms with Gasteiger partial charge in [-0.15, -0.1) is 0 Å². The third kappa shape index (κ3) is 8.31. The fraction of sp³-hybridized carbons (Fsp3) is 0.469. The van der Waals surface area contributed by atoms with Gasteiger partial charge in [-0.25, -0.2) is 9.37 Å². The SMILES string of the molecule is CC(C)N(C)C=O.CN/C=C1/C/C(=C(\C)N)C(=NCC2CC2)c2cnc(NC)c(c2)O[C@H](C)c2cc(F)ccc2C1N. The number of fused-ring (bicyclic) bond motifs is 3. The summed E-state index contributed by atoms with van der Waals surface area (Å²) >= 11 is 0. The lowest BCUT2D eigenvalue weighted by Gasteiger charge is -2.27. The van der Waals surface area contributed by atoms with Gasteiger partial charge in [-0.1, -0.05) is 6.07 Å². The smallest absolute Gasteiger partial charge is 0.209 e. The second-order valence-electron chi connectivity index (χ2n) is 11.2. The first-order valence-corrected chi connectivity index (χ1v) is 14.4. The van der Waals surface area contributed by atoms with Crippen LogP contribution in [-0.4, -0.2) is 55.7 Å². The number of hydrogen-bond acceptors (Lipinski definition) is 8. The number of halogens is 1. The summed E-state index contributed by atoms with van der Waals surface area (Å²) in [5.41, 5.74) is 18.9. The van der Waals surface area contributed by atoms with Crippen LogP contribution in [0.5, 0.6) is 5.75 Å². The monoisotopic (exact) mass is 579 g/mol. The number of allylic oxidation sites excluding steroid dienone is 2. The minimum absolute atomic E-state index is 0.331. The third-order valence-corrected chi connectivity index (χ3v) is 7.55. The Bertz CT molecular complexity index is 1330. The maximum Gasteiger partial charge on any atom is 0.209 e. The third-order valence-electron chi connectivity index (χ3n) is 7.55. The number of pyridine rings is 1. The van der Waals surface area contributed by atoms with E-state index in [1.165, 1.54) is 25.0 Å². The van der Waals surface area contributed by atoms with Crippen molar-refractivity contribution in [2.75, 3.05) is 33.0 Å². The lowest BCUT2D eigenvalue weighted by molar-refractivity contribution is -0.118. The van der Waals surface area contributed by atoms with Gasteiger partial charge in [0.1, 0.15) is 11.9 Å². The second kappa shape index (κ2) is 14.8. The number of carbonyl (C=O) groups excluding carboxylic acids is 1. The molecule has 1 saturated carbocycles. The van der Waals surface area contributed by atoms with Crippen LogP contribution in [0.2, 0.25) is 0 Å². The number of carbonyl (C=O) groups is 1. The first-order valence-electron chi connectivity index (χ1n) is 14.4. The molecule has 1 aliphatic carbocycles. The molecular weight excluding hydrogens is 533 g/mol. The molecule has 42 heavy (non-hydrogen) atoms. The lowest BCUT2D eigenvalue weighted by Crippen LogP contribution is -2.23. The number of hydrogen-bond donors (Lipinski definition) is 4. The largest absolute Gasteiger partial charge is 0.482 e. The number of nitrogens with two attached hydrogens (primary N) is 2. The molecule has 4 rings (SSSR count). The van der Waals surface area contributed by atoms with E-state index in [9.17, 15) is 9.18 Å². The molecular formula is C32H46FN7O2. The summed E-state index contributed by atoms with van der Waals surface area (Å²) in [6, 6.07) is 6.43. The summed E-state index contributed by atoms with van der Waals surface area (Å²) in [4.78, 5) is 21.1. The molecule has 2 aromatic rings. The van der Waals surface area contributed by atoms with E-state index in [0.29, 0.717) is 41.2 Å². The molecule has 0 spiro atoms. The van der Waals surface area contributed by atoms with Crippen LogP contribution in [0.4, 0.5) is 10.2 Å². The number of anilines is 1. The number of nitrogens with one attached hydrogen (secondary N) is 2. The molecule has 2 aliphatic rings. The zero-order valence-electron chi connectivity index (χ0n) is 25.9. The van der Waals surface area contributed by atoms with E-state index in [1.54, 1.807) is 31.3 Å². The molecule has 2 atom stereocenters. The van der Waals surface area contributed by atoms with Gasteiger partial charge in [0.25, 0.3) is 0 Å². The quantitative estimate of drug-likeness (QED) is 0.361. The first-order chi connectivity index (χ1) is 20.0. The molecule has 1 fully saturated rings. The van der Waals surface area contributed by atoms with Crippen molar-refractivity contribution in [3.63, 3.8) is 0 Å². The van der Waals surface area contributed by atoms with Crippen molar-refractivity contribution in [2.45, 2.75) is 65.1 Å². The molecule has 1 aromatic carbocycles. The van der Waals surface area contributed by atoms with Crippen molar-refractivity contribution in [3.8, 4) is 5.75 Å². The zero-order chi connectivity index (χ0) is 31.0. The van der Waals surface area contributed by atoms with Crippen LogP contribution in [0.15, 0.2) is 58.5 Å². The van der Waals surface area contributed by atoms with Gasteiger partial charge in [0.05, 0.1) is 11.8 Å². The van der Waals surface area contributed by atoms with E-state index in [-0.39, 0.29) is 5.82 Å². The zero-order valence-corrected chi connectivity index (χ0v) is 25.9. The molecule has 9 nitrogen and oxygen atoms in total. The lowest BCUT2D eigenvalue weighted by atomic mass is 9.87. The Hall–Kier alpha value is -3.92. The first kappa shape index (κ1) is 32.6. The Labute approximate surface area is 249 Å². The number of aliphatic imine (C=N–C) groups is 1. The van der Waals surface area contributed by atoms with Crippen LogP contribution in [0.3, 0.4) is 0 Å². The predicted molar refractivity (Wildman–Crippen MR) is 168 cm³/mol. The predicted octanol–water partition coefficient (Wildman–Crippen LogP) is 4.82. The normalized spacial score (nSPS) is 21.7. The minimum atomic E-state index is -0.497. The Morgan fingerprint density at radius 1 is 1.26 bits per heavy atom. The van der Waals surface area contributed by atoms with Gasteiger partial charge in [0.15, 0.2) is 11.6 Å². The highest BCUT2D eigenvalue weighted by atomic mass is 19.1. The van der Waals surface area contributed by atoms with Crippen molar-refractivity contribution < 1.29 is 13.9 Å². The van der Waals surface area contributed by atoms with Gasteiger partial charge in [-0.3, -0.25) is 9.79 Å². The Kier molecular flexibility index (Phi) is 11.5. The number of aromatic nitrogens is 1. The van der Waals surface area contributed by atoms with Crippen LogP contribution in [-0.2, 0) is 4.79 Å². The molecule has 1 aliphatic heterocycles. The summed E-state index contributed by atoms with van der Waals surface area (Å²) in [5, 5.41) is 6.21. The highest BCUT2D eigenvalue weighted by molar-refractivity contribution is 6.13. The van der Waals surface area contributed by atoms with E-state index < -0.39 is 12.1 Å². The van der Waals surface area contributed by atoms with Crippen LogP contribution < -0.4 is 26.8 Å². The van der Waals surface area contributed by atoms with Crippen molar-refractivity contribution in [3.05, 3.63) is 76.0 Å². The molecule has 1 amide bonds. The standard InChI is InChI=1S/C27H35FN6O.C5H11NO/c1-15(29)22-9-18(13-31-3)25(30)21-8-7-20(28)11-23(21)16(2)35-24-10-19(14-34-27(24)32-4)26(22)33-12-17-5-6-17;1-5(2)6(3)4-7/h7-8,10-11,13-14,16-17,25,31H,5-6,9,12,29-30H2,1-4H3,(H,32,34);4-5H,1-3H3/b18-13-,22-15-,33-26?;/t16-,25?;/m1./s1. The summed E-state index contributed by atoms with van der Waals surface area (Å²) in [7, 11) is 5.39. The van der Waals surface area contributed by atoms with Crippen LogP contribution >= 0.6 is 0 Å². The molecule has 6 N–H and O–H groups in total. The number of rotatable bonds is 6. The number of ether oxygens (including phenoxy) is 1. The maximum atomic E-state index is 14.3. The molecule has 0 saturated heterocycles. The molecule has 0 radical (unpaired) electrons. The molecule has 2 bridgehead atoms. The van der Waals surface area contributed by atoms with Crippen LogP contribution in [0.25, 0.3) is 0 Å². The van der Waals surface area contributed by atoms with Crippen molar-refractivity contribution in [1.29, 1.82) is 0 Å². The molecule has 228 valence electrons. The average Bonchev–Trinajstić information content (AvgIpc) is 3.79. The summed E-state index contributed by atoms with van der Waals surface area (Å²) in [6.07, 6.45) is 6.92. The van der Waals surface area contributed by atoms with Gasteiger partial charge < -0.3 is 31.7 Å². The molecule has 1 aromatic heterocycles. The van der Waals surface area contributed by atoms with Gasteiger partial charge >= 0.3 is 0 Å². The van der Waals surface area contributed by atoms with E-state index in [4.69, 9.17) is 21.2 Å². The highest BCUT2D eigenvalue weighted by Crippen LogP contribution is 2.37. The number of amides is 1. The van der Waals surface area contributed by atoms with E-state index in [0.717, 1.165) is 40.9 Å². The topological polar surface area (TPSA) is 131 Å². The Morgan fingerprint density at radius 2 is 1.98 bits per heavy atom. The van der Waals surface area contributed by atoms with Crippen molar-refractivity contribution in [1.82, 2.24) is 15.2 Å². The fourth-order valence-corrected chi connectivity index (χ4v) is 4.54. The van der Waals surface area contributed by atoms with Gasteiger partial charge in [0.2, 0.25) is 6.41 Å². The molecule has 10 heteroatoms. The summed E-state index contributed by atoms with van der Waals surface area (Å²) in [5.74, 6) is 1.42. The van der Waals surface area contributed by atoms with Crippen molar-refractivity contribution in [2.24, 2.45) is 22.4 Å². The highest BCUT2D eigenvalue weighted by Gasteiger charge is 2.27. The van der Waals surface area contributed by atoms with Gasteiger partial charge in [-0.2, -0.15) is 0 Å². The van der Waals surface area contributed by atoms with Crippen molar-refractivity contribution >= 4 is 17.9 Å². The number of benzene rings is 1. The van der Waals surface area contributed by atoms with Gasteiger partial charge in [0, 0.05) is 68.7 Å². The van der Waals surface area contributed by atoms with Crippen LogP contribution in [0.1, 0.15) is 75.8 Å². The van der Waals surface area contributed by atoms with E-state index >= 15 is 0 Å². The van der Waals surface area contributed by atoms with Gasteiger partial charge in [-0.05, 0) is 82.0 Å². The number of nitrogens with zero attached hydrogens (tertiary/aromatic N) is 3. The molecule has 1 unspecified atom stereocenters. The summed E-state index contributed by atoms with van der Waals surface area (Å²) in [6.45, 7) is 8.45. The minimum Gasteiger partial charge on any atom is -0.482 e. The molecule has 2 heterocycles. The van der Waals surface area contributed by atoms with Crippen LogP contribution in [0, 0.1) is 11.7 Å². The van der Waals surface area contributed by atoms with E-state index in [1.807, 2.05) is 47.0 Å². The summed E-state index contributed by atoms with van der Waals surface area (Å²) < 4.78 is 20.7. The maximum absolute atomic E-state index is 14.3. The second-order valence-corrected chi connectivity index (χ2v) is 11.2.